The maximum Gasteiger partial charge on any atom is 0.169 e. The number of methoxy groups -OCH3 is 1. The molecule has 7 heteroatoms. The van der Waals surface area contributed by atoms with Crippen molar-refractivity contribution in [3.05, 3.63) is 30.1 Å². The fourth-order valence-electron chi connectivity index (χ4n) is 3.87. The molecule has 2 heterocycles. The van der Waals surface area contributed by atoms with Crippen LogP contribution in [-0.2, 0) is 5.54 Å². The molecular weight excluding hydrogens is 340 g/mol. The van der Waals surface area contributed by atoms with Gasteiger partial charge in [-0.15, -0.1) is 5.10 Å². The van der Waals surface area contributed by atoms with Gasteiger partial charge in [0.25, 0.3) is 0 Å². The Labute approximate surface area is 162 Å². The van der Waals surface area contributed by atoms with Crippen LogP contribution in [-0.4, -0.2) is 58.4 Å². The predicted molar refractivity (Wildman–Crippen MR) is 107 cm³/mol. The van der Waals surface area contributed by atoms with E-state index in [0.29, 0.717) is 5.92 Å². The van der Waals surface area contributed by atoms with E-state index >= 15 is 0 Å². The Balaban J connectivity index is 1.78. The molecule has 27 heavy (non-hydrogen) atoms. The summed E-state index contributed by atoms with van der Waals surface area (Å²) in [5.41, 5.74) is 1.03. The summed E-state index contributed by atoms with van der Waals surface area (Å²) in [7, 11) is 1.73. The molecule has 0 saturated carbocycles. The van der Waals surface area contributed by atoms with Gasteiger partial charge >= 0.3 is 0 Å². The van der Waals surface area contributed by atoms with Crippen LogP contribution in [0.5, 0.6) is 5.75 Å². The third-order valence-electron chi connectivity index (χ3n) is 5.16. The van der Waals surface area contributed by atoms with E-state index in [1.54, 1.807) is 7.11 Å². The lowest BCUT2D eigenvalue weighted by atomic mass is 9.99. The zero-order chi connectivity index (χ0) is 19.6. The number of anilines is 1. The van der Waals surface area contributed by atoms with E-state index in [1.807, 2.05) is 16.8 Å². The highest BCUT2D eigenvalue weighted by atomic mass is 16.5. The molecule has 0 unspecified atom stereocenters. The summed E-state index contributed by atoms with van der Waals surface area (Å²) in [6.07, 6.45) is 0. The molecule has 1 fully saturated rings. The molecule has 0 spiro atoms. The molecule has 1 saturated heterocycles. The lowest BCUT2D eigenvalue weighted by Gasteiger charge is -2.41. The molecule has 0 N–H and O–H groups in total. The minimum absolute atomic E-state index is 0.134. The van der Waals surface area contributed by atoms with Gasteiger partial charge in [0.15, 0.2) is 5.82 Å². The van der Waals surface area contributed by atoms with Crippen LogP contribution in [0.1, 0.15) is 46.5 Å². The van der Waals surface area contributed by atoms with Gasteiger partial charge in [-0.3, -0.25) is 4.90 Å². The first-order valence-electron chi connectivity index (χ1n) is 9.73. The van der Waals surface area contributed by atoms with E-state index in [-0.39, 0.29) is 11.6 Å². The third kappa shape index (κ3) is 4.08. The highest BCUT2D eigenvalue weighted by Gasteiger charge is 2.34. The quantitative estimate of drug-likeness (QED) is 0.804. The van der Waals surface area contributed by atoms with E-state index in [1.165, 1.54) is 5.69 Å². The Hall–Kier alpha value is -2.15. The van der Waals surface area contributed by atoms with Crippen LogP contribution < -0.4 is 9.64 Å². The number of benzene rings is 1. The molecule has 1 aliphatic rings. The summed E-state index contributed by atoms with van der Waals surface area (Å²) in [5.74, 6) is 2.32. The smallest absolute Gasteiger partial charge is 0.169 e. The van der Waals surface area contributed by atoms with Crippen LogP contribution in [0, 0.1) is 5.92 Å². The second-order valence-electron chi connectivity index (χ2n) is 8.50. The van der Waals surface area contributed by atoms with Crippen molar-refractivity contribution in [2.75, 3.05) is 38.2 Å². The lowest BCUT2D eigenvalue weighted by molar-refractivity contribution is 0.128. The SMILES string of the molecule is COc1ccccc1N1CCN([C@H](c2nnnn2C(C)(C)C)C(C)C)CC1. The van der Waals surface area contributed by atoms with Crippen LogP contribution in [0.2, 0.25) is 0 Å². The Kier molecular flexibility index (Phi) is 5.69. The number of aromatic nitrogens is 4. The summed E-state index contributed by atoms with van der Waals surface area (Å²) < 4.78 is 7.51. The fourth-order valence-corrected chi connectivity index (χ4v) is 3.87. The summed E-state index contributed by atoms with van der Waals surface area (Å²) in [6.45, 7) is 14.8. The van der Waals surface area contributed by atoms with Crippen LogP contribution >= 0.6 is 0 Å². The van der Waals surface area contributed by atoms with Crippen molar-refractivity contribution < 1.29 is 4.74 Å². The van der Waals surface area contributed by atoms with Gasteiger partial charge in [0.1, 0.15) is 5.75 Å². The molecule has 1 atom stereocenters. The van der Waals surface area contributed by atoms with E-state index < -0.39 is 0 Å². The first-order valence-corrected chi connectivity index (χ1v) is 9.73. The van der Waals surface area contributed by atoms with Crippen molar-refractivity contribution in [3.63, 3.8) is 0 Å². The Morgan fingerprint density at radius 2 is 1.70 bits per heavy atom. The number of para-hydroxylation sites is 2. The molecule has 1 aliphatic heterocycles. The lowest BCUT2D eigenvalue weighted by Crippen LogP contribution is -2.49. The first kappa shape index (κ1) is 19.6. The molecule has 148 valence electrons. The number of nitrogens with zero attached hydrogens (tertiary/aromatic N) is 6. The molecule has 0 aliphatic carbocycles. The van der Waals surface area contributed by atoms with Crippen molar-refractivity contribution in [1.82, 2.24) is 25.1 Å². The van der Waals surface area contributed by atoms with Crippen LogP contribution in [0.15, 0.2) is 24.3 Å². The largest absolute Gasteiger partial charge is 0.495 e. The van der Waals surface area contributed by atoms with Crippen LogP contribution in [0.4, 0.5) is 5.69 Å². The standard InChI is InChI=1S/C20H32N6O/c1-15(2)18(19-21-22-23-26(19)20(3,4)5)25-13-11-24(12-14-25)16-9-7-8-10-17(16)27-6/h7-10,15,18H,11-14H2,1-6H3/t18-/m0/s1. The van der Waals surface area contributed by atoms with Gasteiger partial charge in [-0.05, 0) is 49.2 Å². The minimum Gasteiger partial charge on any atom is -0.495 e. The Bertz CT molecular complexity index is 743. The van der Waals surface area contributed by atoms with E-state index in [4.69, 9.17) is 4.74 Å². The van der Waals surface area contributed by atoms with E-state index in [2.05, 4.69) is 72.1 Å². The highest BCUT2D eigenvalue weighted by Crippen LogP contribution is 2.33. The average Bonchev–Trinajstić information content (AvgIpc) is 3.12. The number of hydrogen-bond acceptors (Lipinski definition) is 6. The molecule has 3 rings (SSSR count). The number of piperazine rings is 1. The molecule has 7 nitrogen and oxygen atoms in total. The maximum absolute atomic E-state index is 5.54. The van der Waals surface area contributed by atoms with Crippen molar-refractivity contribution in [2.45, 2.75) is 46.2 Å². The number of hydrogen-bond donors (Lipinski definition) is 0. The second-order valence-corrected chi connectivity index (χ2v) is 8.50. The van der Waals surface area contributed by atoms with E-state index in [9.17, 15) is 0 Å². The van der Waals surface area contributed by atoms with Crippen molar-refractivity contribution in [2.24, 2.45) is 5.92 Å². The zero-order valence-corrected chi connectivity index (χ0v) is 17.4. The van der Waals surface area contributed by atoms with Gasteiger partial charge in [-0.2, -0.15) is 0 Å². The van der Waals surface area contributed by atoms with Gasteiger partial charge in [-0.1, -0.05) is 26.0 Å². The Morgan fingerprint density at radius 3 is 2.30 bits per heavy atom. The second kappa shape index (κ2) is 7.84. The maximum atomic E-state index is 5.54. The highest BCUT2D eigenvalue weighted by molar-refractivity contribution is 5.58. The molecule has 2 aromatic rings. The summed E-state index contributed by atoms with van der Waals surface area (Å²) >= 11 is 0. The van der Waals surface area contributed by atoms with Crippen LogP contribution in [0.3, 0.4) is 0 Å². The number of ether oxygens (including phenoxy) is 1. The van der Waals surface area contributed by atoms with Gasteiger partial charge in [0.2, 0.25) is 0 Å². The van der Waals surface area contributed by atoms with Gasteiger partial charge < -0.3 is 9.64 Å². The monoisotopic (exact) mass is 372 g/mol. The van der Waals surface area contributed by atoms with Gasteiger partial charge in [0, 0.05) is 26.2 Å². The molecule has 1 aromatic heterocycles. The Morgan fingerprint density at radius 1 is 1.04 bits per heavy atom. The van der Waals surface area contributed by atoms with Crippen molar-refractivity contribution in [3.8, 4) is 5.75 Å². The molecule has 0 amide bonds. The zero-order valence-electron chi connectivity index (χ0n) is 17.4. The van der Waals surface area contributed by atoms with Crippen molar-refractivity contribution in [1.29, 1.82) is 0 Å². The predicted octanol–water partition coefficient (Wildman–Crippen LogP) is 2.96. The molecule has 0 radical (unpaired) electrons. The normalized spacial score (nSPS) is 17.4. The van der Waals surface area contributed by atoms with Crippen molar-refractivity contribution >= 4 is 5.69 Å². The number of tetrazole rings is 1. The molecular formula is C20H32N6O. The average molecular weight is 373 g/mol. The van der Waals surface area contributed by atoms with Crippen LogP contribution in [0.25, 0.3) is 0 Å². The molecule has 1 aromatic carbocycles. The molecule has 0 bridgehead atoms. The van der Waals surface area contributed by atoms with E-state index in [0.717, 1.165) is 37.8 Å². The summed E-state index contributed by atoms with van der Waals surface area (Å²) in [6, 6.07) is 8.45. The van der Waals surface area contributed by atoms with Gasteiger partial charge in [-0.25, -0.2) is 4.68 Å². The third-order valence-corrected chi connectivity index (χ3v) is 5.16. The number of rotatable bonds is 5. The topological polar surface area (TPSA) is 59.3 Å². The first-order chi connectivity index (χ1) is 12.8. The summed E-state index contributed by atoms with van der Waals surface area (Å²) in [5, 5.41) is 12.7. The van der Waals surface area contributed by atoms with Gasteiger partial charge in [0.05, 0.1) is 24.4 Å². The summed E-state index contributed by atoms with van der Waals surface area (Å²) in [4.78, 5) is 4.92. The minimum atomic E-state index is -0.134. The fraction of sp³-hybridized carbons (Fsp3) is 0.650.